The van der Waals surface area contributed by atoms with Crippen LogP contribution in [0.5, 0.6) is 0 Å². The summed E-state index contributed by atoms with van der Waals surface area (Å²) in [7, 11) is 0. The number of hydrogen-bond acceptors (Lipinski definition) is 3. The number of aliphatic hydroxyl groups is 1. The number of hydrogen-bond donors (Lipinski definition) is 3. The predicted octanol–water partition coefficient (Wildman–Crippen LogP) is 3.10. The molecule has 3 atom stereocenters. The van der Waals surface area contributed by atoms with Gasteiger partial charge in [-0.05, 0) is 48.1 Å². The molecule has 1 amide bonds. The zero-order valence-corrected chi connectivity index (χ0v) is 15.4. The van der Waals surface area contributed by atoms with E-state index in [1.165, 1.54) is 29.5 Å². The molecule has 1 aliphatic carbocycles. The molecule has 4 rings (SSSR count). The molecule has 2 aromatic rings. The average Bonchev–Trinajstić information content (AvgIpc) is 3.23. The van der Waals surface area contributed by atoms with Gasteiger partial charge < -0.3 is 15.7 Å². The van der Waals surface area contributed by atoms with Crippen molar-refractivity contribution in [3.63, 3.8) is 0 Å². The summed E-state index contributed by atoms with van der Waals surface area (Å²) >= 11 is 0. The molecule has 140 valence electrons. The largest absolute Gasteiger partial charge is 0.395 e. The Morgan fingerprint density at radius 1 is 1.07 bits per heavy atom. The Balaban J connectivity index is 1.41. The molecule has 27 heavy (non-hydrogen) atoms. The van der Waals surface area contributed by atoms with Gasteiger partial charge in [0, 0.05) is 30.1 Å². The fourth-order valence-electron chi connectivity index (χ4n) is 4.21. The quantitative estimate of drug-likeness (QED) is 0.740. The highest BCUT2D eigenvalue weighted by atomic mass is 16.3. The van der Waals surface area contributed by atoms with Gasteiger partial charge in [-0.25, -0.2) is 0 Å². The van der Waals surface area contributed by atoms with Crippen molar-refractivity contribution >= 4 is 11.5 Å². The third-order valence-corrected chi connectivity index (χ3v) is 5.72. The second kappa shape index (κ2) is 8.07. The minimum Gasteiger partial charge on any atom is -0.395 e. The van der Waals surface area contributed by atoms with Crippen molar-refractivity contribution in [3.05, 3.63) is 77.4 Å². The monoisotopic (exact) mass is 362 g/mol. The van der Waals surface area contributed by atoms with Crippen LogP contribution in [0.2, 0.25) is 0 Å². The Labute approximate surface area is 160 Å². The molecule has 3 N–H and O–H groups in total. The van der Waals surface area contributed by atoms with Crippen molar-refractivity contribution in [1.82, 2.24) is 10.6 Å². The van der Waals surface area contributed by atoms with Crippen molar-refractivity contribution in [2.75, 3.05) is 13.2 Å². The Hall–Kier alpha value is -2.43. The first-order valence-corrected chi connectivity index (χ1v) is 9.76. The predicted molar refractivity (Wildman–Crippen MR) is 108 cm³/mol. The third-order valence-electron chi connectivity index (χ3n) is 5.72. The topological polar surface area (TPSA) is 61.4 Å². The number of rotatable bonds is 6. The molecule has 1 fully saturated rings. The van der Waals surface area contributed by atoms with E-state index in [2.05, 4.69) is 41.0 Å². The van der Waals surface area contributed by atoms with Gasteiger partial charge in [-0.1, -0.05) is 48.5 Å². The summed E-state index contributed by atoms with van der Waals surface area (Å²) in [5.41, 5.74) is 4.63. The van der Waals surface area contributed by atoms with Crippen LogP contribution in [0, 0.1) is 0 Å². The summed E-state index contributed by atoms with van der Waals surface area (Å²) in [6.45, 7) is 0.641. The van der Waals surface area contributed by atoms with E-state index < -0.39 is 0 Å². The van der Waals surface area contributed by atoms with Gasteiger partial charge in [-0.2, -0.15) is 0 Å². The molecule has 1 heterocycles. The molecule has 2 aromatic carbocycles. The molecule has 0 radical (unpaired) electrons. The van der Waals surface area contributed by atoms with Gasteiger partial charge in [0.15, 0.2) is 0 Å². The fourth-order valence-corrected chi connectivity index (χ4v) is 4.21. The van der Waals surface area contributed by atoms with Gasteiger partial charge in [0.05, 0.1) is 6.61 Å². The lowest BCUT2D eigenvalue weighted by Crippen LogP contribution is -2.64. The molecular weight excluding hydrogens is 336 g/mol. The summed E-state index contributed by atoms with van der Waals surface area (Å²) in [5, 5.41) is 16.0. The third kappa shape index (κ3) is 3.82. The van der Waals surface area contributed by atoms with Crippen LogP contribution in [-0.4, -0.2) is 36.2 Å². The first-order chi connectivity index (χ1) is 13.3. The van der Waals surface area contributed by atoms with Crippen molar-refractivity contribution in [1.29, 1.82) is 0 Å². The molecule has 0 saturated carbocycles. The van der Waals surface area contributed by atoms with Crippen LogP contribution < -0.4 is 10.6 Å². The van der Waals surface area contributed by atoms with Crippen LogP contribution in [0.3, 0.4) is 0 Å². The average molecular weight is 362 g/mol. The summed E-state index contributed by atoms with van der Waals surface area (Å²) in [4.78, 5) is 12.3. The van der Waals surface area contributed by atoms with E-state index in [4.69, 9.17) is 0 Å². The molecule has 1 aliphatic heterocycles. The lowest BCUT2D eigenvalue weighted by atomic mass is 9.77. The Morgan fingerprint density at radius 2 is 1.85 bits per heavy atom. The zero-order chi connectivity index (χ0) is 18.6. The van der Waals surface area contributed by atoms with Crippen LogP contribution in [0.25, 0.3) is 5.57 Å². The van der Waals surface area contributed by atoms with E-state index in [1.54, 1.807) is 0 Å². The van der Waals surface area contributed by atoms with E-state index in [0.717, 1.165) is 6.42 Å². The van der Waals surface area contributed by atoms with Crippen LogP contribution in [-0.2, 0) is 0 Å². The van der Waals surface area contributed by atoms with Gasteiger partial charge in [-0.3, -0.25) is 4.79 Å². The number of carbonyl (C=O) groups excluding carboxylic acids is 1. The van der Waals surface area contributed by atoms with Crippen LogP contribution in [0.4, 0.5) is 0 Å². The number of aliphatic hydroxyl groups excluding tert-OH is 1. The van der Waals surface area contributed by atoms with Gasteiger partial charge in [0.2, 0.25) is 0 Å². The van der Waals surface area contributed by atoms with Gasteiger partial charge in [-0.15, -0.1) is 0 Å². The number of allylic oxidation sites excluding steroid dienone is 2. The second-order valence-electron chi connectivity index (χ2n) is 7.41. The van der Waals surface area contributed by atoms with Gasteiger partial charge in [0.25, 0.3) is 5.91 Å². The molecule has 0 spiro atoms. The van der Waals surface area contributed by atoms with Crippen LogP contribution in [0.1, 0.15) is 46.7 Å². The Morgan fingerprint density at radius 3 is 2.52 bits per heavy atom. The SMILES string of the molecule is O=C(NC[C@@H]1N[C@@H](CO)[C@@H]1c1ccc(C2=CCCC2)cc1)c1ccccc1. The summed E-state index contributed by atoms with van der Waals surface area (Å²) in [6, 6.07) is 18.2. The van der Waals surface area contributed by atoms with Gasteiger partial charge in [0.1, 0.15) is 0 Å². The normalized spacial score (nSPS) is 24.2. The van der Waals surface area contributed by atoms with Crippen LogP contribution in [0.15, 0.2) is 60.7 Å². The lowest BCUT2D eigenvalue weighted by molar-refractivity contribution is 0.0910. The highest BCUT2D eigenvalue weighted by molar-refractivity contribution is 5.94. The lowest BCUT2D eigenvalue weighted by Gasteiger charge is -2.46. The van der Waals surface area contributed by atoms with Crippen molar-refractivity contribution in [2.24, 2.45) is 0 Å². The molecule has 0 aromatic heterocycles. The zero-order valence-electron chi connectivity index (χ0n) is 15.4. The van der Waals surface area contributed by atoms with Crippen molar-refractivity contribution < 1.29 is 9.90 Å². The van der Waals surface area contributed by atoms with Gasteiger partial charge >= 0.3 is 0 Å². The Kier molecular flexibility index (Phi) is 5.37. The summed E-state index contributed by atoms with van der Waals surface area (Å²) < 4.78 is 0. The molecule has 4 nitrogen and oxygen atoms in total. The minimum atomic E-state index is -0.0629. The van der Waals surface area contributed by atoms with E-state index in [-0.39, 0.29) is 30.5 Å². The molecule has 2 aliphatic rings. The summed E-state index contributed by atoms with van der Waals surface area (Å²) in [5.74, 6) is 0.143. The first kappa shape index (κ1) is 18.0. The molecule has 0 bridgehead atoms. The smallest absolute Gasteiger partial charge is 0.251 e. The van der Waals surface area contributed by atoms with E-state index in [9.17, 15) is 9.90 Å². The molecule has 4 heteroatoms. The maximum absolute atomic E-state index is 12.3. The van der Waals surface area contributed by atoms with Crippen LogP contribution >= 0.6 is 0 Å². The number of benzene rings is 2. The standard InChI is InChI=1S/C23H26N2O2/c26-15-21-22(18-12-10-17(11-13-18)16-6-4-5-7-16)20(25-21)14-24-23(27)19-8-2-1-3-9-19/h1-3,6,8-13,20-22,25-26H,4-5,7,14-15H2,(H,24,27)/t20-,21-,22+/m0/s1. The summed E-state index contributed by atoms with van der Waals surface area (Å²) in [6.07, 6.45) is 5.93. The molecular formula is C23H26N2O2. The van der Waals surface area contributed by atoms with Crippen molar-refractivity contribution in [2.45, 2.75) is 37.3 Å². The Bertz CT molecular complexity index is 814. The number of carbonyl (C=O) groups is 1. The molecule has 1 saturated heterocycles. The highest BCUT2D eigenvalue weighted by Gasteiger charge is 2.40. The first-order valence-electron chi connectivity index (χ1n) is 9.76. The fraction of sp³-hybridized carbons (Fsp3) is 0.348. The number of nitrogens with one attached hydrogen (secondary N) is 2. The minimum absolute atomic E-state index is 0.0418. The highest BCUT2D eigenvalue weighted by Crippen LogP contribution is 2.34. The van der Waals surface area contributed by atoms with E-state index in [0.29, 0.717) is 12.1 Å². The van der Waals surface area contributed by atoms with E-state index >= 15 is 0 Å². The maximum Gasteiger partial charge on any atom is 0.251 e. The maximum atomic E-state index is 12.3. The van der Waals surface area contributed by atoms with E-state index in [1.807, 2.05) is 30.3 Å². The number of amides is 1. The van der Waals surface area contributed by atoms with Crippen molar-refractivity contribution in [3.8, 4) is 0 Å². The molecule has 0 unspecified atom stereocenters. The second-order valence-corrected chi connectivity index (χ2v) is 7.41.